The highest BCUT2D eigenvalue weighted by atomic mass is 127. The molecular weight excluding hydrogens is 509 g/mol. The first-order chi connectivity index (χ1) is 14.6. The molecule has 3 rings (SSSR count). The quantitative estimate of drug-likeness (QED) is 0.183. The Morgan fingerprint density at radius 2 is 1.84 bits per heavy atom. The normalized spacial score (nSPS) is 19.1. The van der Waals surface area contributed by atoms with Gasteiger partial charge in [0.15, 0.2) is 5.96 Å². The molecule has 1 saturated carbocycles. The molecule has 0 radical (unpaired) electrons. The van der Waals surface area contributed by atoms with E-state index in [0.717, 1.165) is 38.9 Å². The van der Waals surface area contributed by atoms with E-state index in [1.165, 1.54) is 25.0 Å². The van der Waals surface area contributed by atoms with Crippen molar-refractivity contribution < 1.29 is 14.7 Å². The van der Waals surface area contributed by atoms with E-state index in [0.29, 0.717) is 30.5 Å². The number of aliphatic imine (C=N–C) groups is 1. The van der Waals surface area contributed by atoms with E-state index in [-0.39, 0.29) is 47.6 Å². The van der Waals surface area contributed by atoms with Crippen molar-refractivity contribution in [1.82, 2.24) is 20.9 Å². The molecular formula is C22H34IN5O3. The predicted molar refractivity (Wildman–Crippen MR) is 132 cm³/mol. The van der Waals surface area contributed by atoms with Gasteiger partial charge in [-0.15, -0.1) is 24.0 Å². The largest absolute Gasteiger partial charge is 0.508 e. The van der Waals surface area contributed by atoms with Gasteiger partial charge in [-0.2, -0.15) is 0 Å². The van der Waals surface area contributed by atoms with Crippen LogP contribution in [0.2, 0.25) is 0 Å². The number of benzene rings is 1. The summed E-state index contributed by atoms with van der Waals surface area (Å²) in [5.74, 6) is 1.18. The van der Waals surface area contributed by atoms with Gasteiger partial charge in [0.1, 0.15) is 5.75 Å². The van der Waals surface area contributed by atoms with E-state index in [2.05, 4.69) is 20.9 Å². The van der Waals surface area contributed by atoms with Crippen molar-refractivity contribution in [2.75, 3.05) is 32.7 Å². The van der Waals surface area contributed by atoms with E-state index in [1.54, 1.807) is 12.1 Å². The van der Waals surface area contributed by atoms with E-state index >= 15 is 0 Å². The van der Waals surface area contributed by atoms with Crippen LogP contribution in [0.1, 0.15) is 49.4 Å². The van der Waals surface area contributed by atoms with Crippen molar-refractivity contribution in [3.63, 3.8) is 0 Å². The fraction of sp³-hybridized carbons (Fsp3) is 0.591. The summed E-state index contributed by atoms with van der Waals surface area (Å²) in [4.78, 5) is 31.3. The van der Waals surface area contributed by atoms with Gasteiger partial charge < -0.3 is 26.0 Å². The summed E-state index contributed by atoms with van der Waals surface area (Å²) in [5, 5.41) is 18.8. The lowest BCUT2D eigenvalue weighted by atomic mass is 10.1. The second-order valence-corrected chi connectivity index (χ2v) is 7.96. The number of rotatable bonds is 7. The fourth-order valence-electron chi connectivity index (χ4n) is 4.07. The SMILES string of the molecule is CCNC(=NCCNC(=O)c1ccc(O)cc1)NC1CCN(C(=O)C2CCCC2)C1.I. The molecule has 1 aliphatic heterocycles. The number of phenols is 1. The Morgan fingerprint density at radius 1 is 1.13 bits per heavy atom. The first kappa shape index (κ1) is 25.2. The van der Waals surface area contributed by atoms with Gasteiger partial charge in [0.05, 0.1) is 6.54 Å². The van der Waals surface area contributed by atoms with Crippen LogP contribution < -0.4 is 16.0 Å². The molecule has 0 spiro atoms. The number of halogens is 1. The molecule has 4 N–H and O–H groups in total. The minimum absolute atomic E-state index is 0. The van der Waals surface area contributed by atoms with Gasteiger partial charge in [0, 0.05) is 43.7 Å². The van der Waals surface area contributed by atoms with Crippen molar-refractivity contribution in [1.29, 1.82) is 0 Å². The zero-order valence-electron chi connectivity index (χ0n) is 18.1. The van der Waals surface area contributed by atoms with Gasteiger partial charge in [-0.1, -0.05) is 12.8 Å². The number of guanidine groups is 1. The van der Waals surface area contributed by atoms with Gasteiger partial charge in [-0.3, -0.25) is 14.6 Å². The van der Waals surface area contributed by atoms with Gasteiger partial charge in [-0.25, -0.2) is 0 Å². The summed E-state index contributed by atoms with van der Waals surface area (Å²) in [6.45, 7) is 5.12. The van der Waals surface area contributed by atoms with Crippen molar-refractivity contribution in [3.05, 3.63) is 29.8 Å². The van der Waals surface area contributed by atoms with Crippen LogP contribution in [0, 0.1) is 5.92 Å². The molecule has 9 heteroatoms. The molecule has 1 unspecified atom stereocenters. The van der Waals surface area contributed by atoms with Crippen molar-refractivity contribution in [2.24, 2.45) is 10.9 Å². The van der Waals surface area contributed by atoms with Crippen LogP contribution in [0.3, 0.4) is 0 Å². The van der Waals surface area contributed by atoms with Crippen LogP contribution in [-0.4, -0.2) is 66.5 Å². The maximum absolute atomic E-state index is 12.6. The number of hydrogen-bond donors (Lipinski definition) is 4. The second-order valence-electron chi connectivity index (χ2n) is 7.96. The number of carbonyl (C=O) groups is 2. The standard InChI is InChI=1S/C22H33N5O3.HI/c1-2-23-22(25-13-12-24-20(29)16-7-9-19(28)10-8-16)26-18-11-14-27(15-18)21(30)17-5-3-4-6-17;/h7-10,17-18,28H,2-6,11-15H2,1H3,(H,24,29)(H2,23,25,26);1H. The first-order valence-electron chi connectivity index (χ1n) is 11.0. The number of likely N-dealkylation sites (tertiary alicyclic amines) is 1. The van der Waals surface area contributed by atoms with Crippen LogP contribution >= 0.6 is 24.0 Å². The molecule has 1 aromatic carbocycles. The van der Waals surface area contributed by atoms with Crippen LogP contribution in [0.4, 0.5) is 0 Å². The van der Waals surface area contributed by atoms with E-state index in [4.69, 9.17) is 0 Å². The van der Waals surface area contributed by atoms with Crippen LogP contribution in [-0.2, 0) is 4.79 Å². The number of aromatic hydroxyl groups is 1. The molecule has 1 saturated heterocycles. The molecule has 1 atom stereocenters. The maximum atomic E-state index is 12.6. The second kappa shape index (κ2) is 12.7. The number of nitrogens with one attached hydrogen (secondary N) is 3. The zero-order valence-corrected chi connectivity index (χ0v) is 20.4. The molecule has 0 aromatic heterocycles. The average Bonchev–Trinajstić information content (AvgIpc) is 3.43. The lowest BCUT2D eigenvalue weighted by Crippen LogP contribution is -2.45. The molecule has 0 bridgehead atoms. The summed E-state index contributed by atoms with van der Waals surface area (Å²) in [6.07, 6.45) is 5.33. The Morgan fingerprint density at radius 3 is 2.52 bits per heavy atom. The maximum Gasteiger partial charge on any atom is 0.251 e. The van der Waals surface area contributed by atoms with E-state index in [9.17, 15) is 14.7 Å². The van der Waals surface area contributed by atoms with Crippen molar-refractivity contribution in [3.8, 4) is 5.75 Å². The highest BCUT2D eigenvalue weighted by Crippen LogP contribution is 2.27. The Labute approximate surface area is 201 Å². The third-order valence-electron chi connectivity index (χ3n) is 5.69. The monoisotopic (exact) mass is 543 g/mol. The molecule has 1 aliphatic carbocycles. The summed E-state index contributed by atoms with van der Waals surface area (Å²) in [7, 11) is 0. The van der Waals surface area contributed by atoms with E-state index < -0.39 is 0 Å². The average molecular weight is 543 g/mol. The highest BCUT2D eigenvalue weighted by Gasteiger charge is 2.32. The molecule has 2 fully saturated rings. The van der Waals surface area contributed by atoms with Gasteiger partial charge in [-0.05, 0) is 50.5 Å². The highest BCUT2D eigenvalue weighted by molar-refractivity contribution is 14.0. The summed E-state index contributed by atoms with van der Waals surface area (Å²) in [5.41, 5.74) is 0.500. The molecule has 1 heterocycles. The van der Waals surface area contributed by atoms with E-state index in [1.807, 2.05) is 11.8 Å². The minimum atomic E-state index is -0.194. The van der Waals surface area contributed by atoms with Gasteiger partial charge >= 0.3 is 0 Å². The minimum Gasteiger partial charge on any atom is -0.508 e. The lowest BCUT2D eigenvalue weighted by molar-refractivity contribution is -0.134. The van der Waals surface area contributed by atoms with Gasteiger partial charge in [0.2, 0.25) is 5.91 Å². The molecule has 2 amide bonds. The Balaban J connectivity index is 0.00000341. The third kappa shape index (κ3) is 7.55. The number of nitrogens with zero attached hydrogens (tertiary/aromatic N) is 2. The molecule has 31 heavy (non-hydrogen) atoms. The fourth-order valence-corrected chi connectivity index (χ4v) is 4.07. The smallest absolute Gasteiger partial charge is 0.251 e. The summed E-state index contributed by atoms with van der Waals surface area (Å²) in [6, 6.07) is 6.33. The number of phenolic OH excluding ortho intramolecular Hbond substituents is 1. The Kier molecular flexibility index (Phi) is 10.4. The van der Waals surface area contributed by atoms with Gasteiger partial charge in [0.25, 0.3) is 5.91 Å². The number of amides is 2. The number of hydrogen-bond acceptors (Lipinski definition) is 4. The first-order valence-corrected chi connectivity index (χ1v) is 11.0. The predicted octanol–water partition coefficient (Wildman–Crippen LogP) is 2.09. The zero-order chi connectivity index (χ0) is 21.3. The topological polar surface area (TPSA) is 106 Å². The molecule has 2 aliphatic rings. The van der Waals surface area contributed by atoms with Crippen molar-refractivity contribution >= 4 is 41.8 Å². The molecule has 1 aromatic rings. The van der Waals surface area contributed by atoms with Crippen LogP contribution in [0.25, 0.3) is 0 Å². The Hall–Kier alpha value is -2.04. The summed E-state index contributed by atoms with van der Waals surface area (Å²) < 4.78 is 0. The Bertz CT molecular complexity index is 750. The molecule has 8 nitrogen and oxygen atoms in total. The van der Waals surface area contributed by atoms with Crippen molar-refractivity contribution in [2.45, 2.75) is 45.1 Å². The number of carbonyl (C=O) groups excluding carboxylic acids is 2. The lowest BCUT2D eigenvalue weighted by Gasteiger charge is -2.21. The third-order valence-corrected chi connectivity index (χ3v) is 5.69. The van der Waals surface area contributed by atoms with Crippen LogP contribution in [0.5, 0.6) is 5.75 Å². The molecule has 172 valence electrons. The van der Waals surface area contributed by atoms with Crippen LogP contribution in [0.15, 0.2) is 29.3 Å². The summed E-state index contributed by atoms with van der Waals surface area (Å²) >= 11 is 0.